The average Bonchev–Trinajstić information content (AvgIpc) is 2.87. The Hall–Kier alpha value is -3.91. The molecule has 3 aliphatic rings. The third kappa shape index (κ3) is 4.21. The molecule has 2 N–H and O–H groups in total. The fraction of sp³-hybridized carbons (Fsp3) is 0.345. The lowest BCUT2D eigenvalue weighted by Gasteiger charge is -2.42. The Morgan fingerprint density at radius 2 is 1.81 bits per heavy atom. The second kappa shape index (κ2) is 8.88. The maximum absolute atomic E-state index is 12.9. The highest BCUT2D eigenvalue weighted by Crippen LogP contribution is 2.44. The number of rotatable bonds is 6. The fourth-order valence-corrected chi connectivity index (χ4v) is 5.45. The molecular weight excluding hydrogens is 470 g/mol. The number of aromatic nitrogens is 1. The van der Waals surface area contributed by atoms with E-state index in [-0.39, 0.29) is 17.9 Å². The fourth-order valence-electron chi connectivity index (χ4n) is 5.45. The van der Waals surface area contributed by atoms with E-state index in [1.807, 2.05) is 60.7 Å². The smallest absolute Gasteiger partial charge is 0.405 e. The summed E-state index contributed by atoms with van der Waals surface area (Å²) in [4.78, 5) is 31.0. The van der Waals surface area contributed by atoms with Crippen LogP contribution in [-0.4, -0.2) is 48.5 Å². The highest BCUT2D eigenvalue weighted by molar-refractivity contribution is 5.99. The van der Waals surface area contributed by atoms with Crippen LogP contribution in [0.3, 0.4) is 0 Å². The van der Waals surface area contributed by atoms with Crippen molar-refractivity contribution in [2.24, 2.45) is 5.41 Å². The van der Waals surface area contributed by atoms with Crippen LogP contribution in [0.4, 0.5) is 10.5 Å². The van der Waals surface area contributed by atoms with Gasteiger partial charge in [0.1, 0.15) is 5.69 Å². The Bertz CT molecular complexity index is 1350. The number of pyridine rings is 1. The zero-order chi connectivity index (χ0) is 25.6. The van der Waals surface area contributed by atoms with E-state index in [4.69, 9.17) is 14.5 Å². The molecule has 0 spiro atoms. The monoisotopic (exact) mass is 499 g/mol. The molecule has 0 bridgehead atoms. The molecule has 190 valence electrons. The maximum atomic E-state index is 12.9. The zero-order valence-corrected chi connectivity index (χ0v) is 20.7. The molecule has 1 saturated heterocycles. The van der Waals surface area contributed by atoms with Crippen LogP contribution in [0.2, 0.25) is 0 Å². The molecule has 0 atom stereocenters. The van der Waals surface area contributed by atoms with Crippen molar-refractivity contribution < 1.29 is 24.2 Å². The van der Waals surface area contributed by atoms with Crippen LogP contribution in [0.1, 0.15) is 31.7 Å². The minimum absolute atomic E-state index is 0.0522. The Labute approximate surface area is 215 Å². The van der Waals surface area contributed by atoms with Crippen LogP contribution in [0.25, 0.3) is 22.4 Å². The number of carbonyl (C=O) groups is 2. The van der Waals surface area contributed by atoms with Crippen molar-refractivity contribution in [2.75, 3.05) is 31.3 Å². The number of carboxylic acid groups (broad SMARTS) is 1. The first-order valence-corrected chi connectivity index (χ1v) is 12.6. The largest absolute Gasteiger partial charge is 0.466 e. The van der Waals surface area contributed by atoms with E-state index >= 15 is 0 Å². The molecule has 6 rings (SSSR count). The molecule has 0 unspecified atom stereocenters. The Kier molecular flexibility index (Phi) is 5.64. The number of carbonyl (C=O) groups excluding carboxylic acids is 1. The third-order valence-corrected chi connectivity index (χ3v) is 7.68. The van der Waals surface area contributed by atoms with Crippen LogP contribution in [0.5, 0.6) is 5.88 Å². The lowest BCUT2D eigenvalue weighted by Crippen LogP contribution is -2.52. The van der Waals surface area contributed by atoms with E-state index in [2.05, 4.69) is 12.2 Å². The number of nitrogens with one attached hydrogen (secondary N) is 1. The summed E-state index contributed by atoms with van der Waals surface area (Å²) in [6.07, 6.45) is 1.55. The van der Waals surface area contributed by atoms with Crippen molar-refractivity contribution in [1.29, 1.82) is 0 Å². The number of fused-ring (bicyclic) bond motifs is 1. The molecule has 2 fully saturated rings. The Morgan fingerprint density at radius 1 is 1.08 bits per heavy atom. The molecule has 3 aromatic rings. The van der Waals surface area contributed by atoms with Crippen LogP contribution in [0.15, 0.2) is 60.7 Å². The molecule has 1 saturated carbocycles. The van der Waals surface area contributed by atoms with E-state index in [1.54, 1.807) is 4.90 Å². The highest BCUT2D eigenvalue weighted by Gasteiger charge is 2.41. The van der Waals surface area contributed by atoms with Gasteiger partial charge in [-0.1, -0.05) is 61.5 Å². The van der Waals surface area contributed by atoms with E-state index in [0.717, 1.165) is 47.2 Å². The summed E-state index contributed by atoms with van der Waals surface area (Å²) < 4.78 is 11.2. The number of amides is 2. The summed E-state index contributed by atoms with van der Waals surface area (Å²) in [6.45, 7) is 3.85. The zero-order valence-electron chi connectivity index (χ0n) is 20.7. The highest BCUT2D eigenvalue weighted by atomic mass is 16.5. The molecule has 8 heteroatoms. The summed E-state index contributed by atoms with van der Waals surface area (Å²) >= 11 is 0. The number of hydrogen-bond acceptors (Lipinski definition) is 5. The van der Waals surface area contributed by atoms with Gasteiger partial charge >= 0.3 is 6.09 Å². The van der Waals surface area contributed by atoms with Gasteiger partial charge in [-0.3, -0.25) is 4.79 Å². The van der Waals surface area contributed by atoms with Crippen molar-refractivity contribution in [3.05, 3.63) is 66.2 Å². The van der Waals surface area contributed by atoms with E-state index in [0.29, 0.717) is 31.3 Å². The van der Waals surface area contributed by atoms with Crippen molar-refractivity contribution in [1.82, 2.24) is 10.3 Å². The first-order chi connectivity index (χ1) is 17.9. The van der Waals surface area contributed by atoms with Gasteiger partial charge in [-0.05, 0) is 36.5 Å². The van der Waals surface area contributed by atoms with Gasteiger partial charge in [-0.25, -0.2) is 9.78 Å². The summed E-state index contributed by atoms with van der Waals surface area (Å²) in [5.74, 6) is 0.348. The lowest BCUT2D eigenvalue weighted by atomic mass is 9.71. The molecule has 37 heavy (non-hydrogen) atoms. The standard InChI is InChI=1S/C29H29N3O5/c1-28(17-36-18-28)16-32-23-14-22(19-6-3-2-4-7-19)25(30-26(23)37-15-24(32)33)20-8-10-21(11-9-20)29(12-5-13-29)31-27(34)35/h2-4,6-11,14,31H,5,12-13,15-18H2,1H3,(H,34,35). The molecule has 2 aromatic carbocycles. The van der Waals surface area contributed by atoms with Gasteiger partial charge in [-0.15, -0.1) is 0 Å². The summed E-state index contributed by atoms with van der Waals surface area (Å²) in [5.41, 5.74) is 4.52. The van der Waals surface area contributed by atoms with Gasteiger partial charge in [-0.2, -0.15) is 0 Å². The van der Waals surface area contributed by atoms with Crippen LogP contribution in [-0.2, 0) is 15.1 Å². The van der Waals surface area contributed by atoms with Gasteiger partial charge in [0, 0.05) is 23.1 Å². The molecule has 2 aliphatic heterocycles. The van der Waals surface area contributed by atoms with Gasteiger partial charge in [0.05, 0.1) is 24.4 Å². The molecule has 2 amide bonds. The first-order valence-electron chi connectivity index (χ1n) is 12.6. The van der Waals surface area contributed by atoms with E-state index in [1.165, 1.54) is 0 Å². The average molecular weight is 500 g/mol. The predicted octanol–water partition coefficient (Wildman–Crippen LogP) is 4.82. The molecule has 8 nitrogen and oxygen atoms in total. The first kappa shape index (κ1) is 23.5. The normalized spacial score (nSPS) is 19.2. The Balaban J connectivity index is 1.42. The van der Waals surface area contributed by atoms with Crippen LogP contribution >= 0.6 is 0 Å². The molecular formula is C29H29N3O5. The maximum Gasteiger partial charge on any atom is 0.405 e. The van der Waals surface area contributed by atoms with Crippen LogP contribution in [0, 0.1) is 5.41 Å². The van der Waals surface area contributed by atoms with Gasteiger partial charge in [0.15, 0.2) is 6.61 Å². The second-order valence-corrected chi connectivity index (χ2v) is 10.6. The van der Waals surface area contributed by atoms with Crippen molar-refractivity contribution in [3.8, 4) is 28.3 Å². The number of ether oxygens (including phenoxy) is 2. The van der Waals surface area contributed by atoms with E-state index in [9.17, 15) is 14.7 Å². The van der Waals surface area contributed by atoms with Crippen LogP contribution < -0.4 is 15.0 Å². The number of benzene rings is 2. The number of nitrogens with zero attached hydrogens (tertiary/aromatic N) is 2. The summed E-state index contributed by atoms with van der Waals surface area (Å²) in [6, 6.07) is 19.9. The molecule has 1 aliphatic carbocycles. The van der Waals surface area contributed by atoms with Crippen molar-refractivity contribution >= 4 is 17.7 Å². The minimum atomic E-state index is -1.01. The van der Waals surface area contributed by atoms with Crippen molar-refractivity contribution in [3.63, 3.8) is 0 Å². The molecule has 0 radical (unpaired) electrons. The molecule has 3 heterocycles. The van der Waals surface area contributed by atoms with Gasteiger partial charge < -0.3 is 24.8 Å². The molecule has 1 aromatic heterocycles. The SMILES string of the molecule is CC1(CN2C(=O)COc3nc(-c4ccc(C5(NC(=O)O)CCC5)cc4)c(-c4ccccc4)cc32)COC1. The summed E-state index contributed by atoms with van der Waals surface area (Å²) in [7, 11) is 0. The second-order valence-electron chi connectivity index (χ2n) is 10.6. The number of anilines is 1. The van der Waals surface area contributed by atoms with Gasteiger partial charge in [0.2, 0.25) is 5.88 Å². The predicted molar refractivity (Wildman–Crippen MR) is 139 cm³/mol. The quantitative estimate of drug-likeness (QED) is 0.504. The lowest BCUT2D eigenvalue weighted by molar-refractivity contribution is -0.125. The third-order valence-electron chi connectivity index (χ3n) is 7.68. The number of hydrogen-bond donors (Lipinski definition) is 2. The minimum Gasteiger partial charge on any atom is -0.466 e. The van der Waals surface area contributed by atoms with Gasteiger partial charge in [0.25, 0.3) is 5.91 Å². The van der Waals surface area contributed by atoms with Crippen molar-refractivity contribution in [2.45, 2.75) is 31.7 Å². The topological polar surface area (TPSA) is 101 Å². The Morgan fingerprint density at radius 3 is 2.41 bits per heavy atom. The summed E-state index contributed by atoms with van der Waals surface area (Å²) in [5, 5.41) is 12.1. The van der Waals surface area contributed by atoms with E-state index < -0.39 is 11.6 Å².